The van der Waals surface area contributed by atoms with Gasteiger partial charge in [0.15, 0.2) is 5.96 Å². The van der Waals surface area contributed by atoms with Gasteiger partial charge in [-0.25, -0.2) is 4.79 Å². The maximum Gasteiger partial charge on any atom is 0.326 e. The van der Waals surface area contributed by atoms with Gasteiger partial charge in [0, 0.05) is 19.4 Å². The topological polar surface area (TPSA) is 414 Å². The second-order valence-electron chi connectivity index (χ2n) is 15.2. The molecule has 24 heteroatoms. The number of carboxylic acid groups (broad SMARTS) is 4. The van der Waals surface area contributed by atoms with Crippen molar-refractivity contribution in [3.8, 4) is 0 Å². The monoisotopic (exact) mass is 886 g/mol. The van der Waals surface area contributed by atoms with Crippen LogP contribution in [0.15, 0.2) is 4.99 Å². The summed E-state index contributed by atoms with van der Waals surface area (Å²) in [4.78, 5) is 131. The van der Waals surface area contributed by atoms with Crippen LogP contribution in [0.4, 0.5) is 0 Å². The second-order valence-corrected chi connectivity index (χ2v) is 15.2. The molecule has 352 valence electrons. The van der Waals surface area contributed by atoms with Crippen LogP contribution < -0.4 is 49.1 Å². The zero-order valence-electron chi connectivity index (χ0n) is 36.1. The van der Waals surface area contributed by atoms with Crippen molar-refractivity contribution in [2.24, 2.45) is 39.9 Å². The average Bonchev–Trinajstić information content (AvgIpc) is 3.19. The summed E-state index contributed by atoms with van der Waals surface area (Å²) in [6.45, 7) is 9.90. The predicted molar refractivity (Wildman–Crippen MR) is 221 cm³/mol. The maximum atomic E-state index is 13.9. The molecule has 0 aliphatic heterocycles. The Labute approximate surface area is 359 Å². The molecule has 10 atom stereocenters. The van der Waals surface area contributed by atoms with E-state index in [1.165, 1.54) is 0 Å². The third-order valence-electron chi connectivity index (χ3n) is 10.2. The summed E-state index contributed by atoms with van der Waals surface area (Å²) in [6.07, 6.45) is -1.97. The smallest absolute Gasteiger partial charge is 0.326 e. The standard InChI is InChI=1S/C38H66N10O14/c1-7-18(4)28(46-31(55)21(39)17-27(53)54)34(58)43-22(12-14-25(49)50)32(56)47-29(19(5)8-2)35(59)44-23(13-15-26(51)52)33(57)48-30(20(6)9-3)36(60)45-24(37(61)62)11-10-16-42-38(40)41/h18-24,28-30H,7-17,39H2,1-6H3,(H,43,58)(H,44,59)(H,45,60)(H,46,55)(H,47,56)(H,48,57)(H,49,50)(H,51,52)(H,53,54)(H,61,62)(H4,40,41,42)/t18-,19-,20-,21-,22-,23-,24-,28-,29-,30-/m0/s1. The lowest BCUT2D eigenvalue weighted by Crippen LogP contribution is -2.61. The highest BCUT2D eigenvalue weighted by atomic mass is 16.4. The van der Waals surface area contributed by atoms with E-state index in [4.69, 9.17) is 22.3 Å². The third-order valence-corrected chi connectivity index (χ3v) is 10.2. The highest BCUT2D eigenvalue weighted by Gasteiger charge is 2.37. The Bertz CT molecular complexity index is 1610. The number of carbonyl (C=O) groups is 10. The van der Waals surface area contributed by atoms with E-state index in [1.807, 2.05) is 0 Å². The number of hydrogen-bond acceptors (Lipinski definition) is 12. The van der Waals surface area contributed by atoms with Gasteiger partial charge in [-0.15, -0.1) is 0 Å². The number of nitrogens with zero attached hydrogens (tertiary/aromatic N) is 1. The van der Waals surface area contributed by atoms with Crippen molar-refractivity contribution < 1.29 is 68.4 Å². The van der Waals surface area contributed by atoms with Crippen LogP contribution in [0.2, 0.25) is 0 Å². The van der Waals surface area contributed by atoms with Crippen LogP contribution in [0, 0.1) is 17.8 Å². The number of amides is 6. The van der Waals surface area contributed by atoms with E-state index in [2.05, 4.69) is 36.9 Å². The molecular weight excluding hydrogens is 820 g/mol. The first-order chi connectivity index (χ1) is 28.9. The Morgan fingerprint density at radius 3 is 1.16 bits per heavy atom. The van der Waals surface area contributed by atoms with Gasteiger partial charge in [-0.3, -0.25) is 48.1 Å². The maximum absolute atomic E-state index is 13.9. The molecule has 6 amide bonds. The highest BCUT2D eigenvalue weighted by Crippen LogP contribution is 2.15. The summed E-state index contributed by atoms with van der Waals surface area (Å²) >= 11 is 0. The summed E-state index contributed by atoms with van der Waals surface area (Å²) in [7, 11) is 0. The third kappa shape index (κ3) is 20.9. The van der Waals surface area contributed by atoms with Gasteiger partial charge in [-0.2, -0.15) is 0 Å². The summed E-state index contributed by atoms with van der Waals surface area (Å²) < 4.78 is 0. The zero-order chi connectivity index (χ0) is 47.9. The number of nitrogens with two attached hydrogens (primary N) is 3. The van der Waals surface area contributed by atoms with Crippen LogP contribution in [0.1, 0.15) is 106 Å². The summed E-state index contributed by atoms with van der Waals surface area (Å²) in [5.41, 5.74) is 16.3. The van der Waals surface area contributed by atoms with Gasteiger partial charge in [-0.1, -0.05) is 60.8 Å². The van der Waals surface area contributed by atoms with Gasteiger partial charge in [0.2, 0.25) is 35.4 Å². The van der Waals surface area contributed by atoms with Gasteiger partial charge in [0.25, 0.3) is 0 Å². The molecule has 0 aromatic heterocycles. The Kier molecular flexibility index (Phi) is 25.7. The first kappa shape index (κ1) is 55.9. The van der Waals surface area contributed by atoms with E-state index < -0.39 is 151 Å². The quantitative estimate of drug-likeness (QED) is 0.0198. The van der Waals surface area contributed by atoms with Crippen LogP contribution in [-0.2, 0) is 47.9 Å². The van der Waals surface area contributed by atoms with Gasteiger partial charge >= 0.3 is 23.9 Å². The largest absolute Gasteiger partial charge is 0.481 e. The first-order valence-corrected chi connectivity index (χ1v) is 20.4. The fraction of sp³-hybridized carbons (Fsp3) is 0.711. The van der Waals surface area contributed by atoms with Crippen LogP contribution in [0.25, 0.3) is 0 Å². The molecule has 0 rings (SSSR count). The Morgan fingerprint density at radius 1 is 0.500 bits per heavy atom. The minimum atomic E-state index is -1.61. The molecule has 0 radical (unpaired) electrons. The molecule has 0 heterocycles. The molecule has 62 heavy (non-hydrogen) atoms. The molecule has 0 bridgehead atoms. The number of guanidine groups is 1. The molecule has 0 aliphatic carbocycles. The van der Waals surface area contributed by atoms with Crippen LogP contribution in [-0.4, -0.2) is 135 Å². The average molecular weight is 887 g/mol. The number of carbonyl (C=O) groups excluding carboxylic acids is 6. The summed E-state index contributed by atoms with van der Waals surface area (Å²) in [5.74, 6) is -13.2. The summed E-state index contributed by atoms with van der Waals surface area (Å²) in [6, 6.07) is -10.3. The zero-order valence-corrected chi connectivity index (χ0v) is 36.1. The van der Waals surface area contributed by atoms with Crippen LogP contribution >= 0.6 is 0 Å². The van der Waals surface area contributed by atoms with E-state index in [9.17, 15) is 63.3 Å². The van der Waals surface area contributed by atoms with Gasteiger partial charge < -0.3 is 69.5 Å². The molecule has 24 nitrogen and oxygen atoms in total. The number of aliphatic carboxylic acids is 4. The number of carboxylic acids is 4. The van der Waals surface area contributed by atoms with Crippen LogP contribution in [0.3, 0.4) is 0 Å². The number of nitrogens with one attached hydrogen (secondary N) is 6. The second kappa shape index (κ2) is 28.5. The van der Waals surface area contributed by atoms with Crippen molar-refractivity contribution in [3.05, 3.63) is 0 Å². The van der Waals surface area contributed by atoms with Crippen molar-refractivity contribution in [2.75, 3.05) is 6.54 Å². The minimum absolute atomic E-state index is 0.0712. The van der Waals surface area contributed by atoms with E-state index in [0.29, 0.717) is 12.8 Å². The predicted octanol–water partition coefficient (Wildman–Crippen LogP) is -2.30. The molecule has 0 unspecified atom stereocenters. The first-order valence-electron chi connectivity index (χ1n) is 20.4. The molecule has 0 spiro atoms. The normalized spacial score (nSPS) is 15.8. The van der Waals surface area contributed by atoms with Crippen molar-refractivity contribution in [2.45, 2.75) is 148 Å². The molecule has 0 fully saturated rings. The fourth-order valence-electron chi connectivity index (χ4n) is 5.77. The van der Waals surface area contributed by atoms with Crippen molar-refractivity contribution in [3.63, 3.8) is 0 Å². The van der Waals surface area contributed by atoms with E-state index >= 15 is 0 Å². The highest BCUT2D eigenvalue weighted by molar-refractivity contribution is 5.97. The minimum Gasteiger partial charge on any atom is -0.481 e. The van der Waals surface area contributed by atoms with Gasteiger partial charge in [0.05, 0.1) is 12.5 Å². The molecular formula is C38H66N10O14. The van der Waals surface area contributed by atoms with Crippen molar-refractivity contribution in [1.29, 1.82) is 0 Å². The lowest BCUT2D eigenvalue weighted by Gasteiger charge is -2.30. The summed E-state index contributed by atoms with van der Waals surface area (Å²) in [5, 5.41) is 52.2. The van der Waals surface area contributed by atoms with E-state index in [-0.39, 0.29) is 31.8 Å². The Morgan fingerprint density at radius 2 is 0.855 bits per heavy atom. The number of aliphatic imine (C=N–C) groups is 1. The SMILES string of the molecule is CC[C@H](C)[C@H](NC(=O)[C@H](CCC(=O)O)NC(=O)[C@@H](NC(=O)[C@H](CCC(=O)O)NC(=O)[C@@H](NC(=O)[C@@H](N)CC(=O)O)[C@@H](C)CC)[C@@H](C)CC)C(=O)N[C@@H](CCCN=C(N)N)C(=O)O. The Balaban J connectivity index is 6.56. The number of hydrogen-bond donors (Lipinski definition) is 13. The van der Waals surface area contributed by atoms with E-state index in [1.54, 1.807) is 41.5 Å². The van der Waals surface area contributed by atoms with Gasteiger partial charge in [0.1, 0.15) is 36.3 Å². The molecule has 0 aromatic rings. The lowest BCUT2D eigenvalue weighted by atomic mass is 9.95. The van der Waals surface area contributed by atoms with Crippen LogP contribution in [0.5, 0.6) is 0 Å². The molecule has 0 saturated heterocycles. The van der Waals surface area contributed by atoms with Gasteiger partial charge in [-0.05, 0) is 43.4 Å². The lowest BCUT2D eigenvalue weighted by molar-refractivity contribution is -0.143. The molecule has 16 N–H and O–H groups in total. The number of rotatable bonds is 31. The van der Waals surface area contributed by atoms with Crippen molar-refractivity contribution in [1.82, 2.24) is 31.9 Å². The Hall–Kier alpha value is -6.07. The molecule has 0 aliphatic rings. The molecule has 0 saturated carbocycles. The fourth-order valence-corrected chi connectivity index (χ4v) is 5.77. The van der Waals surface area contributed by atoms with E-state index in [0.717, 1.165) is 0 Å². The molecule has 0 aromatic carbocycles. The van der Waals surface area contributed by atoms with Crippen molar-refractivity contribution >= 4 is 65.3 Å².